The van der Waals surface area contributed by atoms with Crippen molar-refractivity contribution < 1.29 is 23.9 Å². The number of nitriles is 1. The second-order valence-corrected chi connectivity index (χ2v) is 6.01. The van der Waals surface area contributed by atoms with Gasteiger partial charge in [0.1, 0.15) is 12.7 Å². The fourth-order valence-corrected chi connectivity index (χ4v) is 2.85. The van der Waals surface area contributed by atoms with Crippen LogP contribution in [0.25, 0.3) is 0 Å². The van der Waals surface area contributed by atoms with Crippen molar-refractivity contribution in [1.82, 2.24) is 0 Å². The first-order valence-electron chi connectivity index (χ1n) is 8.36. The van der Waals surface area contributed by atoms with Crippen LogP contribution >= 0.6 is 0 Å². The summed E-state index contributed by atoms with van der Waals surface area (Å²) < 4.78 is 9.96. The van der Waals surface area contributed by atoms with E-state index in [0.717, 1.165) is 11.8 Å². The van der Waals surface area contributed by atoms with E-state index in [4.69, 9.17) is 15.7 Å². The van der Waals surface area contributed by atoms with Gasteiger partial charge in [0, 0.05) is 6.42 Å². The molecule has 0 bridgehead atoms. The predicted molar refractivity (Wildman–Crippen MR) is 112 cm³/mol. The van der Waals surface area contributed by atoms with Gasteiger partial charge in [-0.2, -0.15) is 5.26 Å². The van der Waals surface area contributed by atoms with Crippen LogP contribution < -0.4 is 5.73 Å². The van der Waals surface area contributed by atoms with Gasteiger partial charge in [0.2, 0.25) is 0 Å². The van der Waals surface area contributed by atoms with Gasteiger partial charge in [0.25, 0.3) is 0 Å². The summed E-state index contributed by atoms with van der Waals surface area (Å²) in [5, 5.41) is 7.91. The van der Waals surface area contributed by atoms with E-state index in [-0.39, 0.29) is 44.0 Å². The van der Waals surface area contributed by atoms with Crippen LogP contribution in [0.15, 0.2) is 4.94 Å². The predicted octanol–water partition coefficient (Wildman–Crippen LogP) is 0.192. The van der Waals surface area contributed by atoms with E-state index in [1.807, 2.05) is 18.8 Å². The zero-order valence-electron chi connectivity index (χ0n) is 17.0. The molecule has 0 saturated carbocycles. The average Bonchev–Trinajstić information content (AvgIpc) is 2.97. The van der Waals surface area contributed by atoms with Crippen LogP contribution in [0.1, 0.15) is 49.5 Å². The average molecular weight is 530 g/mol. The number of aryl methyl sites for hydroxylation is 1. The molecule has 7 nitrogen and oxygen atoms in total. The molecule has 0 spiro atoms. The van der Waals surface area contributed by atoms with E-state index >= 15 is 0 Å². The van der Waals surface area contributed by atoms with Crippen LogP contribution in [0.3, 0.4) is 0 Å². The van der Waals surface area contributed by atoms with Gasteiger partial charge in [-0.3, -0.25) is 4.79 Å². The second-order valence-electron chi connectivity index (χ2n) is 4.09. The Balaban J connectivity index is -0.000000154. The number of nitrogens with zero attached hydrogens (tertiary/aromatic N) is 1. The maximum atomic E-state index is 11.3. The molecule has 0 unspecified atom stereocenters. The van der Waals surface area contributed by atoms with Crippen LogP contribution in [0, 0.1) is 18.3 Å². The number of ether oxygens (including phenoxy) is 2. The quantitative estimate of drug-likeness (QED) is 0.328. The van der Waals surface area contributed by atoms with Crippen LogP contribution in [0.5, 0.6) is 0 Å². The van der Waals surface area contributed by atoms with Crippen molar-refractivity contribution in [3.63, 3.8) is 0 Å². The number of carbonyl (C=O) groups is 3. The first-order valence-corrected chi connectivity index (χ1v) is 18.2. The summed E-state index contributed by atoms with van der Waals surface area (Å²) in [4.78, 5) is 32.6. The van der Waals surface area contributed by atoms with Gasteiger partial charge >= 0.3 is 143 Å². The molecule has 0 saturated heterocycles. The summed E-state index contributed by atoms with van der Waals surface area (Å²) in [5.41, 5.74) is 7.19. The summed E-state index contributed by atoms with van der Waals surface area (Å²) in [7, 11) is 0. The summed E-state index contributed by atoms with van der Waals surface area (Å²) in [5.74, 6) is -0.738. The van der Waals surface area contributed by atoms with Crippen LogP contribution in [-0.4, -0.2) is 107 Å². The van der Waals surface area contributed by atoms with E-state index in [1.54, 1.807) is 19.9 Å². The van der Waals surface area contributed by atoms with Crippen molar-refractivity contribution >= 4 is 98.0 Å². The molecule has 1 aromatic heterocycles. The van der Waals surface area contributed by atoms with Crippen molar-refractivity contribution in [2.75, 3.05) is 18.9 Å². The topological polar surface area (TPSA) is 119 Å². The van der Waals surface area contributed by atoms with E-state index in [2.05, 4.69) is 4.74 Å². The number of hydrogen-bond donors (Lipinski definition) is 1. The van der Waals surface area contributed by atoms with Gasteiger partial charge in [0.05, 0.1) is 12.7 Å². The first kappa shape index (κ1) is 34.9. The van der Waals surface area contributed by atoms with Crippen LogP contribution in [-0.2, 0) is 19.1 Å². The zero-order chi connectivity index (χ0) is 21.0. The van der Waals surface area contributed by atoms with E-state index < -0.39 is 5.97 Å². The van der Waals surface area contributed by atoms with Crippen molar-refractivity contribution in [3.8, 4) is 6.07 Å². The number of rotatable bonds is 5. The van der Waals surface area contributed by atoms with Gasteiger partial charge in [0.15, 0.2) is 0 Å². The standard InChI is InChI=1S/C8H11NO2Se.C5H7NO2.C3H6O.2Na.H2Se/c1-3-11-8(10)6-5(2)4-12-7(6)9;1-2-8-5(7)3-4-6;1-2-3-4;;;/h4H,3,9H2,1-2H3;2-3H2,1H3;3H,2H2,1H3;;;1H2. The number of nitrogen functional groups attached to an aromatic ring is 1. The maximum absolute atomic E-state index is 11.3. The fourth-order valence-electron chi connectivity index (χ4n) is 1.21. The van der Waals surface area contributed by atoms with Gasteiger partial charge < -0.3 is 9.53 Å². The monoisotopic (exact) mass is 532 g/mol. The summed E-state index contributed by atoms with van der Waals surface area (Å²) >= 11 is 3.03. The SMILES string of the molecule is CCC=O.CCOC(=O)CC#N.CCOC(=O)c1c(C)c[se]c1N.[Na][Na].[SeH2]. The molecule has 1 rings (SSSR count). The van der Waals surface area contributed by atoms with Crippen molar-refractivity contribution in [2.45, 2.75) is 40.5 Å². The number of nitrogens with two attached hydrogens (primary N) is 1. The van der Waals surface area contributed by atoms with Gasteiger partial charge in [-0.15, -0.1) is 0 Å². The molecule has 0 aliphatic heterocycles. The van der Waals surface area contributed by atoms with Crippen LogP contribution in [0.4, 0.5) is 4.56 Å². The molecule has 0 aliphatic carbocycles. The molecule has 0 atom stereocenters. The van der Waals surface area contributed by atoms with Crippen molar-refractivity contribution in [1.29, 1.82) is 5.26 Å². The molecular weight excluding hydrogens is 504 g/mol. The third kappa shape index (κ3) is 21.0. The Morgan fingerprint density at radius 3 is 2.04 bits per heavy atom. The third-order valence-corrected chi connectivity index (χ3v) is 4.13. The molecule has 0 radical (unpaired) electrons. The molecular formula is C16H26N2Na2O5Se2. The summed E-state index contributed by atoms with van der Waals surface area (Å²) in [6, 6.07) is 1.68. The van der Waals surface area contributed by atoms with Crippen molar-refractivity contribution in [3.05, 3.63) is 16.1 Å². The molecule has 2 N–H and O–H groups in total. The normalized spacial score (nSPS) is 7.81. The molecule has 0 fully saturated rings. The Labute approximate surface area is 206 Å². The minimum absolute atomic E-state index is 0. The molecule has 1 aromatic rings. The number of anilines is 1. The Bertz CT molecular complexity index is 544. The molecule has 27 heavy (non-hydrogen) atoms. The van der Waals surface area contributed by atoms with E-state index in [0.29, 0.717) is 29.8 Å². The minimum atomic E-state index is -0.449. The molecule has 0 aliphatic rings. The van der Waals surface area contributed by atoms with Crippen LogP contribution in [0.2, 0.25) is 0 Å². The van der Waals surface area contributed by atoms with E-state index in [1.165, 1.54) is 43.6 Å². The Hall–Kier alpha value is 0.419. The number of esters is 2. The molecule has 0 amide bonds. The molecule has 144 valence electrons. The summed E-state index contributed by atoms with van der Waals surface area (Å²) in [6.45, 7) is 7.93. The third-order valence-electron chi connectivity index (χ3n) is 2.18. The van der Waals surface area contributed by atoms with Gasteiger partial charge in [-0.05, 0) is 6.92 Å². The van der Waals surface area contributed by atoms with Gasteiger partial charge in [-0.25, -0.2) is 0 Å². The van der Waals surface area contributed by atoms with Crippen molar-refractivity contribution in [2.24, 2.45) is 0 Å². The number of carbonyl (C=O) groups excluding carboxylic acids is 3. The Kier molecular flexibility index (Phi) is 34.1. The fraction of sp³-hybridized carbons (Fsp3) is 0.500. The molecule has 1 heterocycles. The zero-order valence-corrected chi connectivity index (χ0v) is 24.8. The molecule has 11 heteroatoms. The second kappa shape index (κ2) is 26.4. The van der Waals surface area contributed by atoms with Gasteiger partial charge in [-0.1, -0.05) is 6.92 Å². The number of aldehydes is 1. The Morgan fingerprint density at radius 2 is 1.74 bits per heavy atom. The first-order chi connectivity index (χ1) is 12.4. The van der Waals surface area contributed by atoms with E-state index in [9.17, 15) is 14.4 Å². The Morgan fingerprint density at radius 1 is 1.26 bits per heavy atom. The number of hydrogen-bond acceptors (Lipinski definition) is 7. The summed E-state index contributed by atoms with van der Waals surface area (Å²) in [6.07, 6.45) is 1.37. The molecule has 0 aromatic carbocycles.